The molecule has 0 radical (unpaired) electrons. The molecule has 2 N–H and O–H groups in total. The van der Waals surface area contributed by atoms with Crippen LogP contribution in [0.1, 0.15) is 56.1 Å². The van der Waals surface area contributed by atoms with E-state index in [2.05, 4.69) is 38.1 Å². The van der Waals surface area contributed by atoms with Gasteiger partial charge in [-0.05, 0) is 50.6 Å². The smallest absolute Gasteiger partial charge is 0.223 e. The van der Waals surface area contributed by atoms with Gasteiger partial charge in [-0.25, -0.2) is 0 Å². The molecule has 1 amide bonds. The molecule has 2 rings (SSSR count). The summed E-state index contributed by atoms with van der Waals surface area (Å²) < 4.78 is 5.82. The molecule has 5 heteroatoms. The number of nitrogens with zero attached hydrogens (tertiary/aromatic N) is 1. The van der Waals surface area contributed by atoms with Gasteiger partial charge >= 0.3 is 0 Å². The standard InChI is InChI=1S/C20H32N2O2.ClH/c1-3-17(18-7-5-16(2)6-8-18)15-20(23)22-12-9-19(10-13-22)24-14-4-11-21;/h5-8,17,19H,3-4,9-15,21H2,1-2H3;1H. The first-order valence-corrected chi connectivity index (χ1v) is 9.30. The number of rotatable bonds is 8. The lowest BCUT2D eigenvalue weighted by atomic mass is 9.91. The van der Waals surface area contributed by atoms with E-state index in [-0.39, 0.29) is 18.3 Å². The molecule has 1 aliphatic rings. The highest BCUT2D eigenvalue weighted by Gasteiger charge is 2.25. The molecular weight excluding hydrogens is 336 g/mol. The molecular formula is C20H33ClN2O2. The van der Waals surface area contributed by atoms with E-state index in [1.54, 1.807) is 0 Å². The van der Waals surface area contributed by atoms with Gasteiger partial charge in [0, 0.05) is 26.1 Å². The lowest BCUT2D eigenvalue weighted by molar-refractivity contribution is -0.134. The minimum absolute atomic E-state index is 0. The maximum Gasteiger partial charge on any atom is 0.223 e. The van der Waals surface area contributed by atoms with Gasteiger partial charge in [0.25, 0.3) is 0 Å². The molecule has 1 aliphatic heterocycles. The second kappa shape index (κ2) is 11.5. The van der Waals surface area contributed by atoms with Crippen molar-refractivity contribution < 1.29 is 9.53 Å². The summed E-state index contributed by atoms with van der Waals surface area (Å²) in [7, 11) is 0. The molecule has 0 aromatic heterocycles. The zero-order chi connectivity index (χ0) is 17.4. The number of ether oxygens (including phenoxy) is 1. The average Bonchev–Trinajstić information content (AvgIpc) is 2.61. The Morgan fingerprint density at radius 3 is 2.48 bits per heavy atom. The van der Waals surface area contributed by atoms with Gasteiger partial charge in [0.05, 0.1) is 6.10 Å². The average molecular weight is 369 g/mol. The summed E-state index contributed by atoms with van der Waals surface area (Å²) in [5.41, 5.74) is 8.02. The monoisotopic (exact) mass is 368 g/mol. The Bertz CT molecular complexity index is 499. The Morgan fingerprint density at radius 1 is 1.28 bits per heavy atom. The second-order valence-electron chi connectivity index (χ2n) is 6.81. The van der Waals surface area contributed by atoms with Gasteiger partial charge in [-0.15, -0.1) is 12.4 Å². The summed E-state index contributed by atoms with van der Waals surface area (Å²) in [6.45, 7) is 7.30. The molecule has 1 unspecified atom stereocenters. The fraction of sp³-hybridized carbons (Fsp3) is 0.650. The molecule has 1 aromatic carbocycles. The molecule has 1 fully saturated rings. The van der Waals surface area contributed by atoms with Crippen molar-refractivity contribution in [3.63, 3.8) is 0 Å². The number of benzene rings is 1. The molecule has 4 nitrogen and oxygen atoms in total. The van der Waals surface area contributed by atoms with Crippen molar-refractivity contribution in [3.05, 3.63) is 35.4 Å². The third-order valence-corrected chi connectivity index (χ3v) is 4.96. The van der Waals surface area contributed by atoms with Crippen molar-refractivity contribution in [2.24, 2.45) is 5.73 Å². The Morgan fingerprint density at radius 2 is 1.92 bits per heavy atom. The molecule has 1 aromatic rings. The number of amides is 1. The van der Waals surface area contributed by atoms with Crippen molar-refractivity contribution in [1.29, 1.82) is 0 Å². The maximum atomic E-state index is 12.6. The summed E-state index contributed by atoms with van der Waals surface area (Å²) in [6, 6.07) is 8.59. The van der Waals surface area contributed by atoms with Gasteiger partial charge in [0.1, 0.15) is 0 Å². The number of hydrogen-bond donors (Lipinski definition) is 1. The number of hydrogen-bond acceptors (Lipinski definition) is 3. The largest absolute Gasteiger partial charge is 0.378 e. The van der Waals surface area contributed by atoms with Crippen LogP contribution in [0.15, 0.2) is 24.3 Å². The first-order chi connectivity index (χ1) is 11.6. The van der Waals surface area contributed by atoms with E-state index in [0.29, 0.717) is 25.0 Å². The highest BCUT2D eigenvalue weighted by atomic mass is 35.5. The highest BCUT2D eigenvalue weighted by Crippen LogP contribution is 2.25. The van der Waals surface area contributed by atoms with E-state index in [4.69, 9.17) is 10.5 Å². The van der Waals surface area contributed by atoms with Crippen LogP contribution in [-0.4, -0.2) is 43.2 Å². The number of nitrogens with two attached hydrogens (primary N) is 1. The first kappa shape index (κ1) is 21.9. The minimum Gasteiger partial charge on any atom is -0.378 e. The topological polar surface area (TPSA) is 55.6 Å². The van der Waals surface area contributed by atoms with Crippen LogP contribution in [0.2, 0.25) is 0 Å². The minimum atomic E-state index is 0. The highest BCUT2D eigenvalue weighted by molar-refractivity contribution is 5.85. The van der Waals surface area contributed by atoms with Crippen LogP contribution in [-0.2, 0) is 9.53 Å². The van der Waals surface area contributed by atoms with Crippen molar-refractivity contribution in [2.75, 3.05) is 26.2 Å². The lowest BCUT2D eigenvalue weighted by Crippen LogP contribution is -2.41. The van der Waals surface area contributed by atoms with Crippen LogP contribution in [0.4, 0.5) is 0 Å². The fourth-order valence-corrected chi connectivity index (χ4v) is 3.28. The first-order valence-electron chi connectivity index (χ1n) is 9.30. The zero-order valence-electron chi connectivity index (χ0n) is 15.6. The maximum absolute atomic E-state index is 12.6. The Balaban J connectivity index is 0.00000312. The number of halogens is 1. The van der Waals surface area contributed by atoms with E-state index < -0.39 is 0 Å². The molecule has 1 saturated heterocycles. The number of carbonyl (C=O) groups is 1. The summed E-state index contributed by atoms with van der Waals surface area (Å²) >= 11 is 0. The van der Waals surface area contributed by atoms with Crippen LogP contribution in [0.3, 0.4) is 0 Å². The van der Waals surface area contributed by atoms with Gasteiger partial charge in [-0.3, -0.25) is 4.79 Å². The van der Waals surface area contributed by atoms with Crippen LogP contribution in [0.25, 0.3) is 0 Å². The predicted molar refractivity (Wildman–Crippen MR) is 105 cm³/mol. The molecule has 0 saturated carbocycles. The van der Waals surface area contributed by atoms with Crippen molar-refractivity contribution in [3.8, 4) is 0 Å². The van der Waals surface area contributed by atoms with E-state index >= 15 is 0 Å². The zero-order valence-corrected chi connectivity index (χ0v) is 16.4. The van der Waals surface area contributed by atoms with Gasteiger partial charge in [-0.2, -0.15) is 0 Å². The second-order valence-corrected chi connectivity index (χ2v) is 6.81. The normalized spacial score (nSPS) is 16.4. The van der Waals surface area contributed by atoms with Crippen LogP contribution in [0.5, 0.6) is 0 Å². The molecule has 142 valence electrons. The third kappa shape index (κ3) is 6.96. The Labute approximate surface area is 158 Å². The van der Waals surface area contributed by atoms with E-state index in [0.717, 1.165) is 45.4 Å². The summed E-state index contributed by atoms with van der Waals surface area (Å²) in [4.78, 5) is 14.7. The molecule has 0 aliphatic carbocycles. The quantitative estimate of drug-likeness (QED) is 0.712. The third-order valence-electron chi connectivity index (χ3n) is 4.96. The van der Waals surface area contributed by atoms with Gasteiger partial charge in [0.2, 0.25) is 5.91 Å². The SMILES string of the molecule is CCC(CC(=O)N1CCC(OCCCN)CC1)c1ccc(C)cc1.Cl. The molecule has 0 bridgehead atoms. The lowest BCUT2D eigenvalue weighted by Gasteiger charge is -2.33. The van der Waals surface area contributed by atoms with E-state index in [9.17, 15) is 4.79 Å². The Hall–Kier alpha value is -1.10. The van der Waals surface area contributed by atoms with Crippen molar-refractivity contribution in [1.82, 2.24) is 4.90 Å². The molecule has 25 heavy (non-hydrogen) atoms. The molecule has 1 atom stereocenters. The number of piperidine rings is 1. The summed E-state index contributed by atoms with van der Waals surface area (Å²) in [6.07, 6.45) is 4.69. The Kier molecular flexibility index (Phi) is 10.1. The van der Waals surface area contributed by atoms with E-state index in [1.807, 2.05) is 4.90 Å². The molecule has 0 spiro atoms. The van der Waals surface area contributed by atoms with Crippen molar-refractivity contribution >= 4 is 18.3 Å². The van der Waals surface area contributed by atoms with E-state index in [1.165, 1.54) is 11.1 Å². The summed E-state index contributed by atoms with van der Waals surface area (Å²) in [5.74, 6) is 0.597. The molecule has 1 heterocycles. The van der Waals surface area contributed by atoms with Gasteiger partial charge < -0.3 is 15.4 Å². The number of likely N-dealkylation sites (tertiary alicyclic amines) is 1. The predicted octanol–water partition coefficient (Wildman–Crippen LogP) is 3.66. The number of carbonyl (C=O) groups excluding carboxylic acids is 1. The van der Waals surface area contributed by atoms with Gasteiger partial charge in [-0.1, -0.05) is 36.8 Å². The van der Waals surface area contributed by atoms with Crippen LogP contribution >= 0.6 is 12.4 Å². The van der Waals surface area contributed by atoms with Crippen LogP contribution < -0.4 is 5.73 Å². The fourth-order valence-electron chi connectivity index (χ4n) is 3.28. The van der Waals surface area contributed by atoms with Crippen LogP contribution in [0, 0.1) is 6.92 Å². The van der Waals surface area contributed by atoms with Crippen molar-refractivity contribution in [2.45, 2.75) is 58.0 Å². The number of aryl methyl sites for hydroxylation is 1. The summed E-state index contributed by atoms with van der Waals surface area (Å²) in [5, 5.41) is 0. The van der Waals surface area contributed by atoms with Gasteiger partial charge in [0.15, 0.2) is 0 Å².